The van der Waals surface area contributed by atoms with Gasteiger partial charge in [0, 0.05) is 37.6 Å². The van der Waals surface area contributed by atoms with Crippen molar-refractivity contribution >= 4 is 5.91 Å². The van der Waals surface area contributed by atoms with Crippen LogP contribution in [-0.4, -0.2) is 61.5 Å². The quantitative estimate of drug-likeness (QED) is 0.916. The molecule has 4 nitrogen and oxygen atoms in total. The molecular weight excluding hydrogens is 286 g/mol. The highest BCUT2D eigenvalue weighted by Crippen LogP contribution is 2.55. The molecule has 4 heteroatoms. The van der Waals surface area contributed by atoms with E-state index in [2.05, 4.69) is 41.5 Å². The van der Waals surface area contributed by atoms with E-state index in [0.29, 0.717) is 18.0 Å². The van der Waals surface area contributed by atoms with Crippen molar-refractivity contribution in [1.29, 1.82) is 0 Å². The topological polar surface area (TPSA) is 35.6 Å². The molecule has 1 aromatic rings. The second-order valence-corrected chi connectivity index (χ2v) is 7.49. The van der Waals surface area contributed by atoms with Crippen LogP contribution in [0.4, 0.5) is 0 Å². The number of rotatable bonds is 3. The fraction of sp³-hybridized carbons (Fsp3) is 0.632. The molecule has 23 heavy (non-hydrogen) atoms. The molecule has 0 bridgehead atoms. The minimum atomic E-state index is 0.268. The lowest BCUT2D eigenvalue weighted by Crippen LogP contribution is -2.50. The van der Waals surface area contributed by atoms with Gasteiger partial charge in [0.05, 0.1) is 6.54 Å². The van der Waals surface area contributed by atoms with Crippen LogP contribution in [0.5, 0.6) is 0 Å². The van der Waals surface area contributed by atoms with Crippen LogP contribution >= 0.6 is 0 Å². The van der Waals surface area contributed by atoms with Gasteiger partial charge in [0.25, 0.3) is 0 Å². The first-order valence-electron chi connectivity index (χ1n) is 8.97. The van der Waals surface area contributed by atoms with Crippen molar-refractivity contribution in [2.24, 2.45) is 0 Å². The molecule has 2 atom stereocenters. The van der Waals surface area contributed by atoms with Crippen LogP contribution in [0.15, 0.2) is 24.3 Å². The highest BCUT2D eigenvalue weighted by atomic mass is 16.2. The number of benzene rings is 1. The van der Waals surface area contributed by atoms with Crippen molar-refractivity contribution in [3.05, 3.63) is 35.4 Å². The lowest BCUT2D eigenvalue weighted by Gasteiger charge is -2.32. The second-order valence-electron chi connectivity index (χ2n) is 7.49. The molecule has 1 N–H and O–H groups in total. The molecule has 1 amide bonds. The van der Waals surface area contributed by atoms with Gasteiger partial charge in [0.15, 0.2) is 0 Å². The zero-order valence-corrected chi connectivity index (χ0v) is 14.1. The van der Waals surface area contributed by atoms with Gasteiger partial charge in [-0.2, -0.15) is 0 Å². The molecule has 1 saturated carbocycles. The largest absolute Gasteiger partial charge is 0.339 e. The van der Waals surface area contributed by atoms with Gasteiger partial charge in [-0.3, -0.25) is 4.79 Å². The fourth-order valence-corrected chi connectivity index (χ4v) is 4.48. The van der Waals surface area contributed by atoms with Crippen LogP contribution < -0.4 is 5.32 Å². The lowest BCUT2D eigenvalue weighted by molar-refractivity contribution is -0.131. The zero-order chi connectivity index (χ0) is 15.9. The van der Waals surface area contributed by atoms with Crippen molar-refractivity contribution in [3.8, 4) is 0 Å². The standard InChI is InChI=1S/C19H27N3O/c1-21-9-11-22(12-10-21)18(23)14-20-17-13-19(17)8-4-6-15-5-2-3-7-16(15)19/h2-3,5,7,17,20H,4,6,8-14H2,1H3/t17-,19+/m1/s1. The van der Waals surface area contributed by atoms with E-state index < -0.39 is 0 Å². The number of carbonyl (C=O) groups excluding carboxylic acids is 1. The number of likely N-dealkylation sites (N-methyl/N-ethyl adjacent to an activating group) is 1. The molecule has 0 aromatic heterocycles. The van der Waals surface area contributed by atoms with Crippen LogP contribution in [0.2, 0.25) is 0 Å². The average molecular weight is 313 g/mol. The number of nitrogens with zero attached hydrogens (tertiary/aromatic N) is 2. The van der Waals surface area contributed by atoms with Gasteiger partial charge in [-0.25, -0.2) is 0 Å². The number of nitrogens with one attached hydrogen (secondary N) is 1. The molecule has 124 valence electrons. The number of carbonyl (C=O) groups is 1. The maximum absolute atomic E-state index is 12.4. The van der Waals surface area contributed by atoms with E-state index in [0.717, 1.165) is 26.2 Å². The van der Waals surface area contributed by atoms with E-state index in [1.807, 2.05) is 4.90 Å². The van der Waals surface area contributed by atoms with Crippen LogP contribution in [0.3, 0.4) is 0 Å². The SMILES string of the molecule is CN1CCN(C(=O)CN[C@@H]2C[C@]23CCCc2ccccc23)CC1. The van der Waals surface area contributed by atoms with E-state index in [1.165, 1.54) is 36.8 Å². The van der Waals surface area contributed by atoms with Crippen molar-refractivity contribution in [1.82, 2.24) is 15.1 Å². The predicted octanol–water partition coefficient (Wildman–Crippen LogP) is 1.40. The number of piperazine rings is 1. The van der Waals surface area contributed by atoms with Gasteiger partial charge in [0.2, 0.25) is 5.91 Å². The molecule has 0 radical (unpaired) electrons. The summed E-state index contributed by atoms with van der Waals surface area (Å²) in [4.78, 5) is 16.7. The highest BCUT2D eigenvalue weighted by molar-refractivity contribution is 5.78. The molecule has 1 saturated heterocycles. The third kappa shape index (κ3) is 2.79. The highest BCUT2D eigenvalue weighted by Gasteiger charge is 2.56. The van der Waals surface area contributed by atoms with Gasteiger partial charge >= 0.3 is 0 Å². The Morgan fingerprint density at radius 1 is 1.26 bits per heavy atom. The summed E-state index contributed by atoms with van der Waals surface area (Å²) in [5.41, 5.74) is 3.38. The minimum Gasteiger partial charge on any atom is -0.339 e. The van der Waals surface area contributed by atoms with Crippen LogP contribution in [-0.2, 0) is 16.6 Å². The Morgan fingerprint density at radius 3 is 2.87 bits per heavy atom. The normalized spacial score (nSPS) is 30.3. The summed E-state index contributed by atoms with van der Waals surface area (Å²) in [6.07, 6.45) is 4.96. The maximum Gasteiger partial charge on any atom is 0.236 e. The Morgan fingerprint density at radius 2 is 2.04 bits per heavy atom. The molecule has 1 spiro atoms. The first-order chi connectivity index (χ1) is 11.2. The summed E-state index contributed by atoms with van der Waals surface area (Å²) in [5.74, 6) is 0.268. The van der Waals surface area contributed by atoms with Crippen molar-refractivity contribution in [3.63, 3.8) is 0 Å². The minimum absolute atomic E-state index is 0.268. The summed E-state index contributed by atoms with van der Waals surface area (Å²) in [6, 6.07) is 9.38. The van der Waals surface area contributed by atoms with E-state index in [-0.39, 0.29) is 5.91 Å². The second kappa shape index (κ2) is 5.91. The Balaban J connectivity index is 1.35. The third-order valence-corrected chi connectivity index (χ3v) is 6.05. The van der Waals surface area contributed by atoms with Crippen LogP contribution in [0.25, 0.3) is 0 Å². The summed E-state index contributed by atoms with van der Waals surface area (Å²) in [7, 11) is 2.12. The van der Waals surface area contributed by atoms with E-state index >= 15 is 0 Å². The molecule has 2 fully saturated rings. The Hall–Kier alpha value is -1.39. The van der Waals surface area contributed by atoms with Gasteiger partial charge in [-0.15, -0.1) is 0 Å². The molecule has 1 heterocycles. The first-order valence-corrected chi connectivity index (χ1v) is 8.97. The monoisotopic (exact) mass is 313 g/mol. The number of hydrogen-bond donors (Lipinski definition) is 1. The molecule has 2 aliphatic carbocycles. The van der Waals surface area contributed by atoms with Crippen molar-refractivity contribution in [2.75, 3.05) is 39.8 Å². The Kier molecular flexibility index (Phi) is 3.90. The van der Waals surface area contributed by atoms with Crippen LogP contribution in [0.1, 0.15) is 30.4 Å². The Labute approximate surface area is 138 Å². The fourth-order valence-electron chi connectivity index (χ4n) is 4.48. The van der Waals surface area contributed by atoms with Gasteiger partial charge < -0.3 is 15.1 Å². The molecule has 4 rings (SSSR count). The molecular formula is C19H27N3O. The van der Waals surface area contributed by atoms with E-state index in [4.69, 9.17) is 0 Å². The average Bonchev–Trinajstić information content (AvgIpc) is 3.27. The van der Waals surface area contributed by atoms with Crippen LogP contribution in [0, 0.1) is 0 Å². The van der Waals surface area contributed by atoms with E-state index in [1.54, 1.807) is 0 Å². The van der Waals surface area contributed by atoms with E-state index in [9.17, 15) is 4.79 Å². The summed E-state index contributed by atoms with van der Waals surface area (Å²) in [5, 5.41) is 3.56. The smallest absolute Gasteiger partial charge is 0.236 e. The first kappa shape index (κ1) is 15.2. The van der Waals surface area contributed by atoms with Gasteiger partial charge in [-0.1, -0.05) is 24.3 Å². The Bertz CT molecular complexity index is 594. The number of fused-ring (bicyclic) bond motifs is 2. The molecule has 1 aliphatic heterocycles. The zero-order valence-electron chi connectivity index (χ0n) is 14.1. The van der Waals surface area contributed by atoms with Gasteiger partial charge in [0.1, 0.15) is 0 Å². The molecule has 3 aliphatic rings. The number of amides is 1. The maximum atomic E-state index is 12.4. The number of aryl methyl sites for hydroxylation is 1. The molecule has 1 aromatic carbocycles. The van der Waals surface area contributed by atoms with Crippen molar-refractivity contribution in [2.45, 2.75) is 37.1 Å². The van der Waals surface area contributed by atoms with Gasteiger partial charge in [-0.05, 0) is 43.9 Å². The third-order valence-electron chi connectivity index (χ3n) is 6.05. The summed E-state index contributed by atoms with van der Waals surface area (Å²) >= 11 is 0. The summed E-state index contributed by atoms with van der Waals surface area (Å²) < 4.78 is 0. The number of hydrogen-bond acceptors (Lipinski definition) is 3. The van der Waals surface area contributed by atoms with Crippen molar-refractivity contribution < 1.29 is 4.79 Å². The summed E-state index contributed by atoms with van der Waals surface area (Å²) in [6.45, 7) is 4.22. The predicted molar refractivity (Wildman–Crippen MR) is 91.5 cm³/mol. The molecule has 0 unspecified atom stereocenters. The lowest BCUT2D eigenvalue weighted by atomic mass is 9.79.